The number of aromatic nitrogens is 4. The Labute approximate surface area is 204 Å². The van der Waals surface area contributed by atoms with Crippen LogP contribution in [0.25, 0.3) is 32.4 Å². The van der Waals surface area contributed by atoms with E-state index in [2.05, 4.69) is 80.3 Å². The summed E-state index contributed by atoms with van der Waals surface area (Å²) in [4.78, 5) is 12.2. The van der Waals surface area contributed by atoms with E-state index in [0.29, 0.717) is 0 Å². The molecule has 0 saturated carbocycles. The monoisotopic (exact) mass is 477 g/mol. The molecule has 6 rings (SSSR count). The fraction of sp³-hybridized carbons (Fsp3) is 0.0370. The third kappa shape index (κ3) is 4.00. The van der Waals surface area contributed by atoms with Gasteiger partial charge in [0, 0.05) is 38.6 Å². The van der Waals surface area contributed by atoms with E-state index in [0.717, 1.165) is 53.7 Å². The largest absolute Gasteiger partial charge is 0.338 e. The summed E-state index contributed by atoms with van der Waals surface area (Å²) in [5, 5.41) is 16.8. The van der Waals surface area contributed by atoms with Crippen molar-refractivity contribution in [2.45, 2.75) is 16.7 Å². The molecule has 0 amide bonds. The second-order valence-corrected chi connectivity index (χ2v) is 9.89. The van der Waals surface area contributed by atoms with Gasteiger partial charge in [0.25, 0.3) is 0 Å². The average Bonchev–Trinajstić information content (AvgIpc) is 3.31. The van der Waals surface area contributed by atoms with Gasteiger partial charge in [0.05, 0.1) is 10.4 Å². The maximum Gasteiger partial charge on any atom is 0.161 e. The Morgan fingerprint density at radius 3 is 2.50 bits per heavy atom. The number of nitrogens with one attached hydrogen (secondary N) is 1. The summed E-state index contributed by atoms with van der Waals surface area (Å²) in [7, 11) is 0. The van der Waals surface area contributed by atoms with Crippen molar-refractivity contribution >= 4 is 56.4 Å². The smallest absolute Gasteiger partial charge is 0.161 e. The summed E-state index contributed by atoms with van der Waals surface area (Å²) in [6.45, 7) is 2.10. The average molecular weight is 478 g/mol. The minimum absolute atomic E-state index is 0.748. The first-order chi connectivity index (χ1) is 16.7. The van der Waals surface area contributed by atoms with Gasteiger partial charge in [-0.3, -0.25) is 9.97 Å². The second kappa shape index (κ2) is 8.85. The number of benzene rings is 2. The van der Waals surface area contributed by atoms with Crippen molar-refractivity contribution < 1.29 is 0 Å². The van der Waals surface area contributed by atoms with Crippen molar-refractivity contribution in [2.75, 3.05) is 5.32 Å². The van der Waals surface area contributed by atoms with Crippen molar-refractivity contribution in [1.29, 1.82) is 0 Å². The Balaban J connectivity index is 1.28. The predicted molar refractivity (Wildman–Crippen MR) is 141 cm³/mol. The van der Waals surface area contributed by atoms with Crippen molar-refractivity contribution in [1.82, 2.24) is 20.2 Å². The van der Waals surface area contributed by atoms with Gasteiger partial charge < -0.3 is 5.32 Å². The summed E-state index contributed by atoms with van der Waals surface area (Å²) in [5.41, 5.74) is 4.93. The molecule has 34 heavy (non-hydrogen) atoms. The molecule has 0 bridgehead atoms. The van der Waals surface area contributed by atoms with Gasteiger partial charge in [-0.15, -0.1) is 21.5 Å². The zero-order valence-electron chi connectivity index (χ0n) is 18.3. The molecule has 0 aliphatic rings. The van der Waals surface area contributed by atoms with E-state index >= 15 is 0 Å². The molecule has 0 saturated heterocycles. The molecular weight excluding hydrogens is 458 g/mol. The van der Waals surface area contributed by atoms with E-state index in [4.69, 9.17) is 0 Å². The number of thiophene rings is 1. The number of rotatable bonds is 5. The number of aryl methyl sites for hydroxylation is 1. The lowest BCUT2D eigenvalue weighted by Crippen LogP contribution is -1.98. The van der Waals surface area contributed by atoms with E-state index in [9.17, 15) is 0 Å². The van der Waals surface area contributed by atoms with Gasteiger partial charge in [-0.2, -0.15) is 0 Å². The van der Waals surface area contributed by atoms with Gasteiger partial charge in [0.2, 0.25) is 0 Å². The van der Waals surface area contributed by atoms with Crippen LogP contribution in [0.2, 0.25) is 0 Å². The third-order valence-electron chi connectivity index (χ3n) is 5.46. The minimum atomic E-state index is 0.748. The molecule has 0 spiro atoms. The minimum Gasteiger partial charge on any atom is -0.338 e. The van der Waals surface area contributed by atoms with Gasteiger partial charge >= 0.3 is 0 Å². The summed E-state index contributed by atoms with van der Waals surface area (Å²) >= 11 is 3.38. The van der Waals surface area contributed by atoms with E-state index < -0.39 is 0 Å². The first-order valence-corrected chi connectivity index (χ1v) is 12.5. The lowest BCUT2D eigenvalue weighted by Gasteiger charge is -2.11. The molecule has 1 N–H and O–H groups in total. The first-order valence-electron chi connectivity index (χ1n) is 10.8. The Morgan fingerprint density at radius 1 is 0.824 bits per heavy atom. The topological polar surface area (TPSA) is 63.6 Å². The second-order valence-electron chi connectivity index (χ2n) is 7.86. The molecule has 6 aromatic rings. The fourth-order valence-electron chi connectivity index (χ4n) is 3.84. The lowest BCUT2D eigenvalue weighted by atomic mass is 10.1. The lowest BCUT2D eigenvalue weighted by molar-refractivity contribution is 1.06. The van der Waals surface area contributed by atoms with Gasteiger partial charge in [0.1, 0.15) is 11.2 Å². The Bertz CT molecular complexity index is 1620. The van der Waals surface area contributed by atoms with Crippen LogP contribution >= 0.6 is 23.1 Å². The molecular formula is C27H19N5S2. The molecule has 5 nitrogen and oxygen atoms in total. The van der Waals surface area contributed by atoms with Gasteiger partial charge in [0.15, 0.2) is 5.82 Å². The molecule has 7 heteroatoms. The highest BCUT2D eigenvalue weighted by Crippen LogP contribution is 2.35. The quantitative estimate of drug-likeness (QED) is 0.277. The fourth-order valence-corrected chi connectivity index (χ4v) is 5.65. The SMILES string of the molecule is Cc1csc(-c2nnc(Nc3ccc(Sc4ccnc5cccnc45)cc3)c3ccccc23)c1. The van der Waals surface area contributed by atoms with Crippen molar-refractivity contribution in [3.8, 4) is 10.6 Å². The number of hydrogen-bond acceptors (Lipinski definition) is 7. The molecule has 0 unspecified atom stereocenters. The zero-order valence-corrected chi connectivity index (χ0v) is 19.9. The molecule has 0 aliphatic heterocycles. The Hall–Kier alpha value is -3.81. The number of fused-ring (bicyclic) bond motifs is 2. The third-order valence-corrected chi connectivity index (χ3v) is 7.57. The number of anilines is 2. The van der Waals surface area contributed by atoms with E-state index in [1.165, 1.54) is 5.56 Å². The van der Waals surface area contributed by atoms with Crippen LogP contribution in [0.15, 0.2) is 100 Å². The molecule has 0 atom stereocenters. The van der Waals surface area contributed by atoms with E-state index in [-0.39, 0.29) is 0 Å². The van der Waals surface area contributed by atoms with Crippen molar-refractivity contribution in [2.24, 2.45) is 0 Å². The maximum absolute atomic E-state index is 4.57. The highest BCUT2D eigenvalue weighted by atomic mass is 32.2. The molecule has 4 aromatic heterocycles. The molecule has 2 aromatic carbocycles. The van der Waals surface area contributed by atoms with Gasteiger partial charge in [-0.1, -0.05) is 36.0 Å². The summed E-state index contributed by atoms with van der Waals surface area (Å²) in [5.74, 6) is 0.748. The normalized spacial score (nSPS) is 11.2. The molecule has 0 radical (unpaired) electrons. The van der Waals surface area contributed by atoms with E-state index in [1.807, 2.05) is 36.5 Å². The number of nitrogens with zero attached hydrogens (tertiary/aromatic N) is 4. The number of hydrogen-bond donors (Lipinski definition) is 1. The molecule has 4 heterocycles. The number of pyridine rings is 2. The van der Waals surface area contributed by atoms with Crippen LogP contribution in [0.1, 0.15) is 5.56 Å². The predicted octanol–water partition coefficient (Wildman–Crippen LogP) is 7.50. The maximum atomic E-state index is 4.57. The van der Waals surface area contributed by atoms with Crippen LogP contribution in [-0.2, 0) is 0 Å². The summed E-state index contributed by atoms with van der Waals surface area (Å²) in [6, 6.07) is 24.6. The van der Waals surface area contributed by atoms with E-state index in [1.54, 1.807) is 29.3 Å². The Kier molecular flexibility index (Phi) is 5.41. The standard InChI is InChI=1S/C27H19N5S2/c1-17-15-24(33-16-17)25-20-5-2-3-6-21(20)27(32-31-25)30-18-8-10-19(11-9-18)34-23-12-14-28-22-7-4-13-29-26(22)23/h2-16H,1H3,(H,30,32). The highest BCUT2D eigenvalue weighted by Gasteiger charge is 2.13. The van der Waals surface area contributed by atoms with Gasteiger partial charge in [-0.05, 0) is 66.4 Å². The van der Waals surface area contributed by atoms with Crippen LogP contribution < -0.4 is 5.32 Å². The summed E-state index contributed by atoms with van der Waals surface area (Å²) < 4.78 is 0. The van der Waals surface area contributed by atoms with Crippen LogP contribution in [0.3, 0.4) is 0 Å². The molecule has 0 aliphatic carbocycles. The highest BCUT2D eigenvalue weighted by molar-refractivity contribution is 7.99. The zero-order chi connectivity index (χ0) is 22.9. The first kappa shape index (κ1) is 20.8. The van der Waals surface area contributed by atoms with Crippen molar-refractivity contribution in [3.63, 3.8) is 0 Å². The van der Waals surface area contributed by atoms with Crippen LogP contribution in [0.4, 0.5) is 11.5 Å². The molecule has 0 fully saturated rings. The van der Waals surface area contributed by atoms with Crippen LogP contribution in [-0.4, -0.2) is 20.2 Å². The molecule has 164 valence electrons. The Morgan fingerprint density at radius 2 is 1.68 bits per heavy atom. The van der Waals surface area contributed by atoms with Crippen LogP contribution in [0.5, 0.6) is 0 Å². The van der Waals surface area contributed by atoms with Gasteiger partial charge in [-0.25, -0.2) is 0 Å². The van der Waals surface area contributed by atoms with Crippen molar-refractivity contribution in [3.05, 3.63) is 96.1 Å². The van der Waals surface area contributed by atoms with Crippen LogP contribution in [0, 0.1) is 6.92 Å². The summed E-state index contributed by atoms with van der Waals surface area (Å²) in [6.07, 6.45) is 3.63.